The first kappa shape index (κ1) is 12.0. The van der Waals surface area contributed by atoms with Crippen molar-refractivity contribution in [2.75, 3.05) is 39.3 Å². The van der Waals surface area contributed by atoms with Crippen molar-refractivity contribution in [3.8, 4) is 0 Å². The Hall–Kier alpha value is -0.120. The van der Waals surface area contributed by atoms with Crippen LogP contribution in [0.2, 0.25) is 0 Å². The molecule has 0 saturated carbocycles. The summed E-state index contributed by atoms with van der Waals surface area (Å²) in [6.07, 6.45) is 3.99. The molecule has 1 atom stereocenters. The first-order valence-electron chi connectivity index (χ1n) is 5.90. The van der Waals surface area contributed by atoms with E-state index < -0.39 is 0 Å². The van der Waals surface area contributed by atoms with Gasteiger partial charge in [0.15, 0.2) is 0 Å². The SMILES string of the molecule is CCN(CCO)CCC1CCCNC1. The number of hydrogen-bond acceptors (Lipinski definition) is 3. The van der Waals surface area contributed by atoms with Gasteiger partial charge in [0, 0.05) is 6.54 Å². The molecule has 14 heavy (non-hydrogen) atoms. The lowest BCUT2D eigenvalue weighted by molar-refractivity contribution is 0.188. The molecule has 0 aromatic rings. The molecule has 1 heterocycles. The minimum atomic E-state index is 0.288. The standard InChI is InChI=1S/C11H24N2O/c1-2-13(8-9-14)7-5-11-4-3-6-12-10-11/h11-12,14H,2-10H2,1H3. The molecule has 1 saturated heterocycles. The van der Waals surface area contributed by atoms with E-state index >= 15 is 0 Å². The molecule has 2 N–H and O–H groups in total. The van der Waals surface area contributed by atoms with Crippen LogP contribution in [-0.2, 0) is 0 Å². The largest absolute Gasteiger partial charge is 0.395 e. The van der Waals surface area contributed by atoms with Crippen LogP contribution >= 0.6 is 0 Å². The van der Waals surface area contributed by atoms with Gasteiger partial charge in [-0.05, 0) is 51.4 Å². The van der Waals surface area contributed by atoms with E-state index in [-0.39, 0.29) is 6.61 Å². The minimum absolute atomic E-state index is 0.288. The van der Waals surface area contributed by atoms with E-state index in [1.807, 2.05) is 0 Å². The zero-order valence-electron chi connectivity index (χ0n) is 9.34. The van der Waals surface area contributed by atoms with Crippen molar-refractivity contribution in [1.82, 2.24) is 10.2 Å². The maximum Gasteiger partial charge on any atom is 0.0558 e. The highest BCUT2D eigenvalue weighted by Crippen LogP contribution is 2.14. The second-order valence-corrected chi connectivity index (χ2v) is 4.16. The highest BCUT2D eigenvalue weighted by molar-refractivity contribution is 4.70. The molecule has 1 aliphatic heterocycles. The van der Waals surface area contributed by atoms with Crippen LogP contribution in [0, 0.1) is 5.92 Å². The molecule has 3 nitrogen and oxygen atoms in total. The molecule has 84 valence electrons. The third-order valence-corrected chi connectivity index (χ3v) is 3.12. The molecule has 1 aliphatic rings. The van der Waals surface area contributed by atoms with Gasteiger partial charge in [0.05, 0.1) is 6.61 Å². The predicted octanol–water partition coefficient (Wildman–Crippen LogP) is 0.690. The number of aliphatic hydroxyl groups excluding tert-OH is 1. The summed E-state index contributed by atoms with van der Waals surface area (Å²) < 4.78 is 0. The van der Waals surface area contributed by atoms with Gasteiger partial charge in [-0.2, -0.15) is 0 Å². The summed E-state index contributed by atoms with van der Waals surface area (Å²) in [6, 6.07) is 0. The molecule has 0 amide bonds. The maximum atomic E-state index is 8.85. The number of hydrogen-bond donors (Lipinski definition) is 2. The molecule has 0 bridgehead atoms. The average molecular weight is 200 g/mol. The number of aliphatic hydroxyl groups is 1. The van der Waals surface area contributed by atoms with Gasteiger partial charge in [-0.1, -0.05) is 6.92 Å². The molecule has 3 heteroatoms. The van der Waals surface area contributed by atoms with Gasteiger partial charge in [0.1, 0.15) is 0 Å². The topological polar surface area (TPSA) is 35.5 Å². The first-order chi connectivity index (χ1) is 6.86. The molecular weight excluding hydrogens is 176 g/mol. The van der Waals surface area contributed by atoms with Gasteiger partial charge >= 0.3 is 0 Å². The number of rotatable bonds is 6. The predicted molar refractivity (Wildman–Crippen MR) is 59.4 cm³/mol. The maximum absolute atomic E-state index is 8.85. The van der Waals surface area contributed by atoms with Crippen molar-refractivity contribution in [3.05, 3.63) is 0 Å². The Labute approximate surface area is 87.5 Å². The Morgan fingerprint density at radius 1 is 1.43 bits per heavy atom. The lowest BCUT2D eigenvalue weighted by Gasteiger charge is -2.26. The fraction of sp³-hybridized carbons (Fsp3) is 1.00. The molecule has 1 rings (SSSR count). The molecule has 0 radical (unpaired) electrons. The average Bonchev–Trinajstić information content (AvgIpc) is 2.25. The van der Waals surface area contributed by atoms with E-state index in [0.29, 0.717) is 0 Å². The van der Waals surface area contributed by atoms with Crippen molar-refractivity contribution >= 4 is 0 Å². The summed E-state index contributed by atoms with van der Waals surface area (Å²) >= 11 is 0. The lowest BCUT2D eigenvalue weighted by atomic mass is 9.96. The Morgan fingerprint density at radius 2 is 2.29 bits per heavy atom. The zero-order chi connectivity index (χ0) is 10.2. The summed E-state index contributed by atoms with van der Waals surface area (Å²) in [5.41, 5.74) is 0. The van der Waals surface area contributed by atoms with E-state index in [1.165, 1.54) is 32.4 Å². The minimum Gasteiger partial charge on any atom is -0.395 e. The third-order valence-electron chi connectivity index (χ3n) is 3.12. The third kappa shape index (κ3) is 4.40. The molecule has 1 unspecified atom stereocenters. The fourth-order valence-electron chi connectivity index (χ4n) is 2.10. The van der Waals surface area contributed by atoms with Gasteiger partial charge in [-0.25, -0.2) is 0 Å². The highest BCUT2D eigenvalue weighted by atomic mass is 16.3. The van der Waals surface area contributed by atoms with Crippen molar-refractivity contribution in [3.63, 3.8) is 0 Å². The van der Waals surface area contributed by atoms with Gasteiger partial charge in [0.25, 0.3) is 0 Å². The Bertz CT molecular complexity index is 130. The van der Waals surface area contributed by atoms with Crippen LogP contribution in [0.25, 0.3) is 0 Å². The quantitative estimate of drug-likeness (QED) is 0.662. The van der Waals surface area contributed by atoms with E-state index in [2.05, 4.69) is 17.1 Å². The second-order valence-electron chi connectivity index (χ2n) is 4.16. The van der Waals surface area contributed by atoms with Crippen LogP contribution in [0.5, 0.6) is 0 Å². The molecule has 0 aromatic carbocycles. The first-order valence-corrected chi connectivity index (χ1v) is 5.90. The lowest BCUT2D eigenvalue weighted by Crippen LogP contribution is -2.34. The van der Waals surface area contributed by atoms with Crippen LogP contribution in [0.3, 0.4) is 0 Å². The van der Waals surface area contributed by atoms with Gasteiger partial charge in [-0.15, -0.1) is 0 Å². The molecule has 0 aliphatic carbocycles. The van der Waals surface area contributed by atoms with Gasteiger partial charge in [-0.3, -0.25) is 0 Å². The van der Waals surface area contributed by atoms with Crippen molar-refractivity contribution in [2.24, 2.45) is 5.92 Å². The molecule has 0 spiro atoms. The van der Waals surface area contributed by atoms with Crippen molar-refractivity contribution < 1.29 is 5.11 Å². The van der Waals surface area contributed by atoms with E-state index in [0.717, 1.165) is 25.6 Å². The van der Waals surface area contributed by atoms with Crippen molar-refractivity contribution in [1.29, 1.82) is 0 Å². The Balaban J connectivity index is 2.10. The van der Waals surface area contributed by atoms with Crippen LogP contribution in [-0.4, -0.2) is 49.3 Å². The van der Waals surface area contributed by atoms with Gasteiger partial charge in [0.2, 0.25) is 0 Å². The van der Waals surface area contributed by atoms with Crippen LogP contribution in [0.4, 0.5) is 0 Å². The van der Waals surface area contributed by atoms with E-state index in [9.17, 15) is 0 Å². The smallest absolute Gasteiger partial charge is 0.0558 e. The van der Waals surface area contributed by atoms with Crippen molar-refractivity contribution in [2.45, 2.75) is 26.2 Å². The molecule has 1 fully saturated rings. The monoisotopic (exact) mass is 200 g/mol. The summed E-state index contributed by atoms with van der Waals surface area (Å²) in [7, 11) is 0. The highest BCUT2D eigenvalue weighted by Gasteiger charge is 2.13. The zero-order valence-corrected chi connectivity index (χ0v) is 9.34. The number of likely N-dealkylation sites (N-methyl/N-ethyl adjacent to an activating group) is 1. The summed E-state index contributed by atoms with van der Waals surface area (Å²) in [4.78, 5) is 2.33. The second kappa shape index (κ2) is 7.21. The summed E-state index contributed by atoms with van der Waals surface area (Å²) in [5.74, 6) is 0.858. The number of nitrogens with one attached hydrogen (secondary N) is 1. The van der Waals surface area contributed by atoms with Crippen LogP contribution < -0.4 is 5.32 Å². The van der Waals surface area contributed by atoms with Crippen LogP contribution in [0.15, 0.2) is 0 Å². The van der Waals surface area contributed by atoms with E-state index in [4.69, 9.17) is 5.11 Å². The van der Waals surface area contributed by atoms with E-state index in [1.54, 1.807) is 0 Å². The summed E-state index contributed by atoms with van der Waals surface area (Å²) in [5, 5.41) is 12.3. The number of piperidine rings is 1. The number of nitrogens with zero attached hydrogens (tertiary/aromatic N) is 1. The molecular formula is C11H24N2O. The fourth-order valence-corrected chi connectivity index (χ4v) is 2.10. The molecule has 0 aromatic heterocycles. The van der Waals surface area contributed by atoms with Gasteiger partial charge < -0.3 is 15.3 Å². The Kier molecular flexibility index (Phi) is 6.15. The summed E-state index contributed by atoms with van der Waals surface area (Å²) in [6.45, 7) is 7.87. The Morgan fingerprint density at radius 3 is 2.86 bits per heavy atom. The van der Waals surface area contributed by atoms with Crippen LogP contribution in [0.1, 0.15) is 26.2 Å². The normalized spacial score (nSPS) is 22.9.